The van der Waals surface area contributed by atoms with Gasteiger partial charge in [-0.25, -0.2) is 4.68 Å². The number of thioether (sulfide) groups is 1. The number of methoxy groups -OCH3 is 1. The standard InChI is InChI=1S/C11H23N5OS/c1-3-6-12-7-8-16-11(13-14-15-16)18-10-5-4-9-17-2/h12H,3-10H2,1-2H3. The van der Waals surface area contributed by atoms with Crippen LogP contribution in [-0.4, -0.2) is 52.8 Å². The highest BCUT2D eigenvalue weighted by molar-refractivity contribution is 7.99. The Morgan fingerprint density at radius 3 is 3.00 bits per heavy atom. The molecule has 0 fully saturated rings. The van der Waals surface area contributed by atoms with Crippen LogP contribution in [0.4, 0.5) is 0 Å². The molecule has 18 heavy (non-hydrogen) atoms. The Balaban J connectivity index is 2.18. The summed E-state index contributed by atoms with van der Waals surface area (Å²) in [6, 6.07) is 0. The molecular weight excluding hydrogens is 250 g/mol. The Bertz CT molecular complexity index is 307. The summed E-state index contributed by atoms with van der Waals surface area (Å²) < 4.78 is 6.88. The number of hydrogen-bond acceptors (Lipinski definition) is 6. The van der Waals surface area contributed by atoms with Crippen LogP contribution in [0.1, 0.15) is 26.2 Å². The Hall–Kier alpha value is -0.660. The van der Waals surface area contributed by atoms with Gasteiger partial charge in [-0.2, -0.15) is 0 Å². The molecule has 0 amide bonds. The van der Waals surface area contributed by atoms with Gasteiger partial charge in [0.2, 0.25) is 5.16 Å². The van der Waals surface area contributed by atoms with E-state index in [1.165, 1.54) is 0 Å². The number of hydrogen-bond donors (Lipinski definition) is 1. The Kier molecular flexibility index (Phi) is 8.79. The third-order valence-corrected chi connectivity index (χ3v) is 3.44. The molecule has 0 bridgehead atoms. The van der Waals surface area contributed by atoms with Crippen molar-refractivity contribution in [3.8, 4) is 0 Å². The lowest BCUT2D eigenvalue weighted by atomic mass is 10.4. The van der Waals surface area contributed by atoms with Gasteiger partial charge in [-0.1, -0.05) is 18.7 Å². The van der Waals surface area contributed by atoms with Crippen molar-refractivity contribution in [1.29, 1.82) is 0 Å². The monoisotopic (exact) mass is 273 g/mol. The van der Waals surface area contributed by atoms with Gasteiger partial charge in [0.1, 0.15) is 0 Å². The highest BCUT2D eigenvalue weighted by Gasteiger charge is 2.05. The first-order valence-electron chi connectivity index (χ1n) is 6.47. The van der Waals surface area contributed by atoms with Crippen LogP contribution >= 0.6 is 11.8 Å². The molecule has 6 nitrogen and oxygen atoms in total. The van der Waals surface area contributed by atoms with E-state index in [0.29, 0.717) is 0 Å². The predicted molar refractivity (Wildman–Crippen MR) is 72.8 cm³/mol. The molecule has 0 atom stereocenters. The molecule has 0 aliphatic rings. The van der Waals surface area contributed by atoms with Crippen molar-refractivity contribution in [2.45, 2.75) is 37.9 Å². The molecule has 0 radical (unpaired) electrons. The summed E-state index contributed by atoms with van der Waals surface area (Å²) in [5, 5.41) is 16.0. The molecule has 0 spiro atoms. The van der Waals surface area contributed by atoms with Crippen LogP contribution in [0, 0.1) is 0 Å². The number of tetrazole rings is 1. The van der Waals surface area contributed by atoms with Crippen molar-refractivity contribution in [3.05, 3.63) is 0 Å². The van der Waals surface area contributed by atoms with E-state index in [4.69, 9.17) is 4.74 Å². The molecule has 0 aliphatic heterocycles. The lowest BCUT2D eigenvalue weighted by Crippen LogP contribution is -2.21. The molecule has 1 heterocycles. The van der Waals surface area contributed by atoms with Gasteiger partial charge in [0.25, 0.3) is 0 Å². The highest BCUT2D eigenvalue weighted by Crippen LogP contribution is 2.15. The van der Waals surface area contributed by atoms with Gasteiger partial charge in [-0.15, -0.1) is 5.10 Å². The third kappa shape index (κ3) is 6.32. The summed E-state index contributed by atoms with van der Waals surface area (Å²) in [6.07, 6.45) is 3.36. The zero-order chi connectivity index (χ0) is 13.1. The minimum Gasteiger partial charge on any atom is -0.385 e. The summed E-state index contributed by atoms with van der Waals surface area (Å²) in [6.45, 7) is 5.77. The van der Waals surface area contributed by atoms with Gasteiger partial charge in [0.15, 0.2) is 0 Å². The largest absolute Gasteiger partial charge is 0.385 e. The lowest BCUT2D eigenvalue weighted by molar-refractivity contribution is 0.194. The average Bonchev–Trinajstić information content (AvgIpc) is 2.82. The maximum atomic E-state index is 5.02. The molecule has 1 rings (SSSR count). The van der Waals surface area contributed by atoms with E-state index >= 15 is 0 Å². The molecule has 0 unspecified atom stereocenters. The molecule has 104 valence electrons. The number of unbranched alkanes of at least 4 members (excludes halogenated alkanes) is 1. The van der Waals surface area contributed by atoms with Crippen molar-refractivity contribution < 1.29 is 4.74 Å². The highest BCUT2D eigenvalue weighted by atomic mass is 32.2. The molecular formula is C11H23N5OS. The number of rotatable bonds is 11. The van der Waals surface area contributed by atoms with Crippen LogP contribution in [0.25, 0.3) is 0 Å². The minimum absolute atomic E-state index is 0.826. The number of nitrogens with one attached hydrogen (secondary N) is 1. The Morgan fingerprint density at radius 2 is 2.22 bits per heavy atom. The zero-order valence-corrected chi connectivity index (χ0v) is 12.1. The lowest BCUT2D eigenvalue weighted by Gasteiger charge is -2.05. The molecule has 1 aromatic rings. The van der Waals surface area contributed by atoms with Gasteiger partial charge in [0.05, 0.1) is 6.54 Å². The Labute approximate surface area is 113 Å². The summed E-state index contributed by atoms with van der Waals surface area (Å²) in [5.41, 5.74) is 0. The van der Waals surface area contributed by atoms with Crippen LogP contribution < -0.4 is 5.32 Å². The average molecular weight is 273 g/mol. The van der Waals surface area contributed by atoms with Crippen LogP contribution in [0.2, 0.25) is 0 Å². The summed E-state index contributed by atoms with van der Waals surface area (Å²) in [7, 11) is 1.73. The second-order valence-electron chi connectivity index (χ2n) is 3.98. The maximum absolute atomic E-state index is 5.02. The minimum atomic E-state index is 0.826. The second kappa shape index (κ2) is 10.3. The van der Waals surface area contributed by atoms with Crippen molar-refractivity contribution in [3.63, 3.8) is 0 Å². The van der Waals surface area contributed by atoms with E-state index in [1.807, 2.05) is 4.68 Å². The molecule has 0 saturated heterocycles. The molecule has 0 aromatic carbocycles. The topological polar surface area (TPSA) is 64.9 Å². The fourth-order valence-corrected chi connectivity index (χ4v) is 2.34. The fraction of sp³-hybridized carbons (Fsp3) is 0.909. The first-order chi connectivity index (χ1) is 8.88. The molecule has 0 saturated carbocycles. The van der Waals surface area contributed by atoms with Crippen LogP contribution in [0.3, 0.4) is 0 Å². The molecule has 0 aliphatic carbocycles. The molecule has 7 heteroatoms. The fourth-order valence-electron chi connectivity index (χ4n) is 1.44. The van der Waals surface area contributed by atoms with Gasteiger partial charge in [-0.3, -0.25) is 0 Å². The van der Waals surface area contributed by atoms with Crippen LogP contribution in [0.5, 0.6) is 0 Å². The summed E-state index contributed by atoms with van der Waals surface area (Å²) in [5.74, 6) is 1.03. The maximum Gasteiger partial charge on any atom is 0.209 e. The normalized spacial score (nSPS) is 11.0. The van der Waals surface area contributed by atoms with Gasteiger partial charge >= 0.3 is 0 Å². The van der Waals surface area contributed by atoms with Crippen molar-refractivity contribution in [2.75, 3.05) is 32.6 Å². The van der Waals surface area contributed by atoms with Gasteiger partial charge in [0, 0.05) is 26.0 Å². The predicted octanol–water partition coefficient (Wildman–Crippen LogP) is 1.19. The number of nitrogens with zero attached hydrogens (tertiary/aromatic N) is 4. The van der Waals surface area contributed by atoms with Crippen molar-refractivity contribution in [1.82, 2.24) is 25.5 Å². The zero-order valence-electron chi connectivity index (χ0n) is 11.3. The second-order valence-corrected chi connectivity index (χ2v) is 5.05. The van der Waals surface area contributed by atoms with E-state index < -0.39 is 0 Å². The summed E-state index contributed by atoms with van der Waals surface area (Å²) in [4.78, 5) is 0. The van der Waals surface area contributed by atoms with Gasteiger partial charge < -0.3 is 10.1 Å². The Morgan fingerprint density at radius 1 is 1.33 bits per heavy atom. The van der Waals surface area contributed by atoms with E-state index in [0.717, 1.165) is 56.4 Å². The number of ether oxygens (including phenoxy) is 1. The van der Waals surface area contributed by atoms with E-state index in [2.05, 4.69) is 27.8 Å². The first-order valence-corrected chi connectivity index (χ1v) is 7.45. The number of aromatic nitrogens is 4. The van der Waals surface area contributed by atoms with Gasteiger partial charge in [-0.05, 0) is 36.2 Å². The van der Waals surface area contributed by atoms with Crippen molar-refractivity contribution in [2.24, 2.45) is 0 Å². The van der Waals surface area contributed by atoms with Crippen LogP contribution in [0.15, 0.2) is 5.16 Å². The van der Waals surface area contributed by atoms with E-state index in [-0.39, 0.29) is 0 Å². The van der Waals surface area contributed by atoms with E-state index in [9.17, 15) is 0 Å². The first kappa shape index (κ1) is 15.4. The smallest absolute Gasteiger partial charge is 0.209 e. The quantitative estimate of drug-likeness (QED) is 0.483. The molecule has 1 N–H and O–H groups in total. The SMILES string of the molecule is CCCNCCn1nnnc1SCCCCOC. The van der Waals surface area contributed by atoms with Crippen molar-refractivity contribution >= 4 is 11.8 Å². The molecule has 1 aromatic heterocycles. The third-order valence-electron chi connectivity index (χ3n) is 2.40. The van der Waals surface area contributed by atoms with E-state index in [1.54, 1.807) is 18.9 Å². The summed E-state index contributed by atoms with van der Waals surface area (Å²) >= 11 is 1.71. The van der Waals surface area contributed by atoms with Crippen LogP contribution in [-0.2, 0) is 11.3 Å².